The molecule has 2 aromatic heterocycles. The van der Waals surface area contributed by atoms with Gasteiger partial charge in [0.1, 0.15) is 11.5 Å². The zero-order valence-electron chi connectivity index (χ0n) is 8.92. The monoisotopic (exact) mass is 275 g/mol. The number of anilines is 1. The Balaban J connectivity index is 2.38. The zero-order chi connectivity index (χ0) is 13.3. The molecule has 0 radical (unpaired) electrons. The fourth-order valence-corrected chi connectivity index (χ4v) is 1.52. The van der Waals surface area contributed by atoms with Gasteiger partial charge in [0.05, 0.1) is 12.9 Å². The number of hydrogen-bond acceptors (Lipinski definition) is 4. The van der Waals surface area contributed by atoms with E-state index in [0.717, 1.165) is 17.1 Å². The molecule has 0 aliphatic carbocycles. The van der Waals surface area contributed by atoms with E-state index in [0.29, 0.717) is 4.57 Å². The Morgan fingerprint density at radius 1 is 1.44 bits per heavy atom. The van der Waals surface area contributed by atoms with Crippen molar-refractivity contribution in [3.63, 3.8) is 0 Å². The highest BCUT2D eigenvalue weighted by atomic mass is 35.5. The summed E-state index contributed by atoms with van der Waals surface area (Å²) >= 11 is 5.56. The van der Waals surface area contributed by atoms with E-state index in [9.17, 15) is 13.6 Å². The molecule has 18 heavy (non-hydrogen) atoms. The van der Waals surface area contributed by atoms with Crippen LogP contribution in [0, 0.1) is 0 Å². The molecule has 6 nitrogen and oxygen atoms in total. The van der Waals surface area contributed by atoms with Crippen molar-refractivity contribution in [1.82, 2.24) is 19.1 Å². The fourth-order valence-electron chi connectivity index (χ4n) is 1.39. The number of rotatable bonds is 3. The molecule has 96 valence electrons. The molecule has 0 atom stereocenters. The quantitative estimate of drug-likeness (QED) is 0.852. The van der Waals surface area contributed by atoms with Crippen LogP contribution in [0.15, 0.2) is 23.5 Å². The Morgan fingerprint density at radius 2 is 2.17 bits per heavy atom. The smallest absolute Gasteiger partial charge is 0.319 e. The Labute approximate surface area is 105 Å². The van der Waals surface area contributed by atoms with Crippen LogP contribution in [-0.2, 0) is 6.54 Å². The van der Waals surface area contributed by atoms with Crippen LogP contribution in [0.5, 0.6) is 0 Å². The summed E-state index contributed by atoms with van der Waals surface area (Å²) in [6, 6.07) is 0. The van der Waals surface area contributed by atoms with Gasteiger partial charge in [0, 0.05) is 12.4 Å². The highest BCUT2D eigenvalue weighted by molar-refractivity contribution is 6.31. The van der Waals surface area contributed by atoms with E-state index in [2.05, 4.69) is 9.97 Å². The van der Waals surface area contributed by atoms with Crippen molar-refractivity contribution in [3.05, 3.63) is 40.1 Å². The Morgan fingerprint density at radius 3 is 2.83 bits per heavy atom. The maximum atomic E-state index is 12.6. The van der Waals surface area contributed by atoms with Crippen LogP contribution >= 0.6 is 11.6 Å². The SMILES string of the molecule is Nc1c(Cl)ncn(Cc2nccn2C(F)F)c1=O. The summed E-state index contributed by atoms with van der Waals surface area (Å²) in [5.41, 5.74) is 4.58. The summed E-state index contributed by atoms with van der Waals surface area (Å²) in [6.07, 6.45) is 3.47. The standard InChI is InChI=1S/C9H8ClF2N5O/c10-7-6(13)8(18)16(4-15-7)3-5-14-1-2-17(5)9(11)12/h1-2,4,9H,3,13H2. The number of nitrogens with zero attached hydrogens (tertiary/aromatic N) is 4. The van der Waals surface area contributed by atoms with Crippen LogP contribution in [-0.4, -0.2) is 19.1 Å². The topological polar surface area (TPSA) is 78.7 Å². The molecule has 2 aromatic rings. The van der Waals surface area contributed by atoms with Gasteiger partial charge in [0.25, 0.3) is 5.56 Å². The van der Waals surface area contributed by atoms with E-state index in [-0.39, 0.29) is 23.2 Å². The first-order valence-corrected chi connectivity index (χ1v) is 5.18. The number of alkyl halides is 2. The average molecular weight is 276 g/mol. The molecule has 0 aliphatic heterocycles. The van der Waals surface area contributed by atoms with Gasteiger partial charge in [0.15, 0.2) is 5.15 Å². The van der Waals surface area contributed by atoms with E-state index >= 15 is 0 Å². The third-order valence-corrected chi connectivity index (χ3v) is 2.60. The maximum absolute atomic E-state index is 12.6. The van der Waals surface area contributed by atoms with Crippen LogP contribution in [0.25, 0.3) is 0 Å². The summed E-state index contributed by atoms with van der Waals surface area (Å²) in [5, 5.41) is -0.117. The summed E-state index contributed by atoms with van der Waals surface area (Å²) in [5.74, 6) is 0.0237. The molecule has 0 unspecified atom stereocenters. The van der Waals surface area contributed by atoms with Crippen molar-refractivity contribution < 1.29 is 8.78 Å². The molecule has 2 rings (SSSR count). The normalized spacial score (nSPS) is 11.1. The van der Waals surface area contributed by atoms with Gasteiger partial charge in [-0.3, -0.25) is 13.9 Å². The molecule has 0 saturated carbocycles. The van der Waals surface area contributed by atoms with Crippen LogP contribution in [0.2, 0.25) is 5.15 Å². The molecule has 0 bridgehead atoms. The van der Waals surface area contributed by atoms with Gasteiger partial charge >= 0.3 is 6.55 Å². The molecule has 0 spiro atoms. The molecule has 0 aromatic carbocycles. The first kappa shape index (κ1) is 12.5. The van der Waals surface area contributed by atoms with Gasteiger partial charge in [-0.25, -0.2) is 9.97 Å². The average Bonchev–Trinajstić information content (AvgIpc) is 2.78. The molecular weight excluding hydrogens is 268 g/mol. The largest absolute Gasteiger partial charge is 0.392 e. The second-order valence-electron chi connectivity index (χ2n) is 3.41. The van der Waals surface area contributed by atoms with E-state index in [1.165, 1.54) is 6.20 Å². The number of aromatic nitrogens is 4. The van der Waals surface area contributed by atoms with Crippen molar-refractivity contribution in [2.45, 2.75) is 13.1 Å². The van der Waals surface area contributed by atoms with Gasteiger partial charge in [-0.2, -0.15) is 8.78 Å². The van der Waals surface area contributed by atoms with Crippen molar-refractivity contribution in [2.75, 3.05) is 5.73 Å². The molecule has 0 fully saturated rings. The third kappa shape index (κ3) is 2.19. The van der Waals surface area contributed by atoms with Crippen LogP contribution in [0.3, 0.4) is 0 Å². The fraction of sp³-hybridized carbons (Fsp3) is 0.222. The van der Waals surface area contributed by atoms with Gasteiger partial charge in [-0.15, -0.1) is 0 Å². The third-order valence-electron chi connectivity index (χ3n) is 2.29. The van der Waals surface area contributed by atoms with Gasteiger partial charge < -0.3 is 5.73 Å². The highest BCUT2D eigenvalue weighted by Gasteiger charge is 2.13. The predicted molar refractivity (Wildman–Crippen MR) is 60.5 cm³/mol. The molecule has 2 heterocycles. The number of nitrogens with two attached hydrogens (primary N) is 1. The van der Waals surface area contributed by atoms with Gasteiger partial charge in [-0.05, 0) is 0 Å². The van der Waals surface area contributed by atoms with Crippen molar-refractivity contribution in [3.8, 4) is 0 Å². The second kappa shape index (κ2) is 4.73. The zero-order valence-corrected chi connectivity index (χ0v) is 9.68. The lowest BCUT2D eigenvalue weighted by atomic mass is 10.5. The molecule has 2 N–H and O–H groups in total. The molecule has 0 amide bonds. The number of nitrogen functional groups attached to an aromatic ring is 1. The number of hydrogen-bond donors (Lipinski definition) is 1. The van der Waals surface area contributed by atoms with Crippen molar-refractivity contribution in [2.24, 2.45) is 0 Å². The molecule has 0 saturated heterocycles. The van der Waals surface area contributed by atoms with Crippen molar-refractivity contribution >= 4 is 17.3 Å². The summed E-state index contributed by atoms with van der Waals surface area (Å²) in [4.78, 5) is 19.1. The minimum absolute atomic E-state index is 0.0237. The highest BCUT2D eigenvalue weighted by Crippen LogP contribution is 2.13. The first-order chi connectivity index (χ1) is 8.50. The lowest BCUT2D eigenvalue weighted by Gasteiger charge is -2.08. The summed E-state index contributed by atoms with van der Waals surface area (Å²) < 4.78 is 26.9. The first-order valence-electron chi connectivity index (χ1n) is 4.81. The predicted octanol–water partition coefficient (Wildman–Crippen LogP) is 1.12. The van der Waals surface area contributed by atoms with E-state index in [1.807, 2.05) is 0 Å². The summed E-state index contributed by atoms with van der Waals surface area (Å²) in [7, 11) is 0. The summed E-state index contributed by atoms with van der Waals surface area (Å²) in [6.45, 7) is -2.89. The minimum atomic E-state index is -2.73. The van der Waals surface area contributed by atoms with Crippen molar-refractivity contribution in [1.29, 1.82) is 0 Å². The molecular formula is C9H8ClF2N5O. The van der Waals surface area contributed by atoms with Crippen LogP contribution in [0.1, 0.15) is 12.4 Å². The maximum Gasteiger partial charge on any atom is 0.319 e. The Hall–Kier alpha value is -1.96. The molecule has 9 heteroatoms. The Bertz CT molecular complexity index is 624. The van der Waals surface area contributed by atoms with E-state index in [1.54, 1.807) is 0 Å². The minimum Gasteiger partial charge on any atom is -0.392 e. The van der Waals surface area contributed by atoms with Gasteiger partial charge in [0.2, 0.25) is 0 Å². The van der Waals surface area contributed by atoms with Crippen LogP contribution in [0.4, 0.5) is 14.5 Å². The number of halogens is 3. The number of imidazole rings is 1. The van der Waals surface area contributed by atoms with Gasteiger partial charge in [-0.1, -0.05) is 11.6 Å². The second-order valence-corrected chi connectivity index (χ2v) is 3.77. The van der Waals surface area contributed by atoms with E-state index in [4.69, 9.17) is 17.3 Å². The lowest BCUT2D eigenvalue weighted by molar-refractivity contribution is 0.0666. The lowest BCUT2D eigenvalue weighted by Crippen LogP contribution is -2.25. The molecule has 0 aliphatic rings. The van der Waals surface area contributed by atoms with E-state index < -0.39 is 12.1 Å². The van der Waals surface area contributed by atoms with Crippen LogP contribution < -0.4 is 11.3 Å². The Kier molecular flexibility index (Phi) is 3.28.